The Balaban J connectivity index is 1.43. The first kappa shape index (κ1) is 23.7. The molecule has 1 saturated heterocycles. The molecule has 1 aliphatic rings. The maximum absolute atomic E-state index is 13.1. The van der Waals surface area contributed by atoms with Crippen LogP contribution in [0.25, 0.3) is 5.69 Å². The number of benzene rings is 2. The Morgan fingerprint density at radius 3 is 2.65 bits per heavy atom. The number of carbonyl (C=O) groups excluding carboxylic acids is 2. The van der Waals surface area contributed by atoms with Crippen LogP contribution in [-0.4, -0.2) is 52.8 Å². The van der Waals surface area contributed by atoms with Crippen molar-refractivity contribution in [2.24, 2.45) is 0 Å². The van der Waals surface area contributed by atoms with Gasteiger partial charge < -0.3 is 15.0 Å². The first-order chi connectivity index (χ1) is 16.5. The summed E-state index contributed by atoms with van der Waals surface area (Å²) in [5.74, 6) is -0.100. The van der Waals surface area contributed by atoms with Crippen molar-refractivity contribution in [3.8, 4) is 5.69 Å². The number of amides is 2. The summed E-state index contributed by atoms with van der Waals surface area (Å²) in [7, 11) is 1.70. The first-order valence-electron chi connectivity index (χ1n) is 11.8. The molecule has 0 bridgehead atoms. The molecule has 2 heterocycles. The minimum atomic E-state index is -0.164. The molecule has 0 spiro atoms. The summed E-state index contributed by atoms with van der Waals surface area (Å²) in [6, 6.07) is 13.4. The third kappa shape index (κ3) is 5.37. The average Bonchev–Trinajstić information content (AvgIpc) is 3.31. The predicted octanol–water partition coefficient (Wildman–Crippen LogP) is 4.77. The highest BCUT2D eigenvalue weighted by atomic mass is 16.5. The Hall–Kier alpha value is -3.45. The Morgan fingerprint density at radius 1 is 1.12 bits per heavy atom. The topological polar surface area (TPSA) is 76.5 Å². The highest BCUT2D eigenvalue weighted by molar-refractivity contribution is 6.05. The number of hydrogen-bond acceptors (Lipinski definition) is 4. The van der Waals surface area contributed by atoms with E-state index in [1.54, 1.807) is 24.2 Å². The number of methoxy groups -OCH3 is 1. The van der Waals surface area contributed by atoms with E-state index in [1.165, 1.54) is 0 Å². The number of ether oxygens (including phenoxy) is 1. The van der Waals surface area contributed by atoms with Gasteiger partial charge in [0.05, 0.1) is 23.8 Å². The summed E-state index contributed by atoms with van der Waals surface area (Å²) >= 11 is 0. The molecule has 1 atom stereocenters. The summed E-state index contributed by atoms with van der Waals surface area (Å²) < 4.78 is 6.92. The lowest BCUT2D eigenvalue weighted by Gasteiger charge is -2.36. The number of rotatable bonds is 7. The van der Waals surface area contributed by atoms with Crippen LogP contribution in [0.4, 0.5) is 5.69 Å². The number of nitrogens with one attached hydrogen (secondary N) is 1. The van der Waals surface area contributed by atoms with Crippen LogP contribution in [0.2, 0.25) is 0 Å². The second kappa shape index (κ2) is 10.7. The maximum atomic E-state index is 13.1. The van der Waals surface area contributed by atoms with Gasteiger partial charge in [-0.3, -0.25) is 9.59 Å². The number of likely N-dealkylation sites (tertiary alicyclic amines) is 1. The smallest absolute Gasteiger partial charge is 0.256 e. The molecule has 34 heavy (non-hydrogen) atoms. The fourth-order valence-corrected chi connectivity index (χ4v) is 4.54. The zero-order valence-electron chi connectivity index (χ0n) is 20.1. The van der Waals surface area contributed by atoms with E-state index >= 15 is 0 Å². The van der Waals surface area contributed by atoms with E-state index in [-0.39, 0.29) is 17.9 Å². The molecule has 178 valence electrons. The number of hydrogen-bond donors (Lipinski definition) is 1. The summed E-state index contributed by atoms with van der Waals surface area (Å²) in [6.45, 7) is 5.38. The van der Waals surface area contributed by atoms with E-state index in [9.17, 15) is 9.59 Å². The van der Waals surface area contributed by atoms with Crippen molar-refractivity contribution in [2.75, 3.05) is 25.6 Å². The molecule has 1 aromatic heterocycles. The molecule has 0 radical (unpaired) electrons. The highest BCUT2D eigenvalue weighted by Crippen LogP contribution is 2.23. The van der Waals surface area contributed by atoms with Crippen molar-refractivity contribution >= 4 is 17.5 Å². The quantitative estimate of drug-likeness (QED) is 0.551. The second-order valence-electron chi connectivity index (χ2n) is 8.92. The number of nitrogens with zero attached hydrogens (tertiary/aromatic N) is 3. The van der Waals surface area contributed by atoms with Crippen LogP contribution in [0.15, 0.2) is 54.9 Å². The summed E-state index contributed by atoms with van der Waals surface area (Å²) in [4.78, 5) is 27.8. The molecule has 1 fully saturated rings. The Labute approximate surface area is 200 Å². The average molecular weight is 461 g/mol. The van der Waals surface area contributed by atoms with E-state index in [4.69, 9.17) is 4.74 Å². The highest BCUT2D eigenvalue weighted by Gasteiger charge is 2.27. The molecule has 3 aromatic rings. The van der Waals surface area contributed by atoms with Gasteiger partial charge in [-0.2, -0.15) is 5.10 Å². The van der Waals surface area contributed by atoms with E-state index in [2.05, 4.69) is 10.4 Å². The lowest BCUT2D eigenvalue weighted by atomic mass is 9.98. The van der Waals surface area contributed by atoms with Gasteiger partial charge in [-0.15, -0.1) is 0 Å². The molecule has 1 unspecified atom stereocenters. The molecule has 4 rings (SSSR count). The molecular weight excluding hydrogens is 428 g/mol. The van der Waals surface area contributed by atoms with E-state index < -0.39 is 0 Å². The normalized spacial score (nSPS) is 15.9. The summed E-state index contributed by atoms with van der Waals surface area (Å²) in [5, 5.41) is 7.28. The summed E-state index contributed by atoms with van der Waals surface area (Å²) in [6.07, 6.45) is 7.47. The van der Waals surface area contributed by atoms with Crippen LogP contribution in [0.5, 0.6) is 0 Å². The predicted molar refractivity (Wildman–Crippen MR) is 133 cm³/mol. The molecule has 2 aromatic carbocycles. The standard InChI is InChI=1S/C27H32N4O3/c1-19-7-12-25(20(2)16-19)26(32)29-22-17-28-31(18-22)24-10-8-21(9-11-24)27(33)30-14-5-4-6-23(30)13-15-34-3/h7-12,16-18,23H,4-6,13-15H2,1-3H3,(H,29,32). The van der Waals surface area contributed by atoms with Crippen LogP contribution in [0.3, 0.4) is 0 Å². The molecule has 0 saturated carbocycles. The van der Waals surface area contributed by atoms with E-state index in [1.807, 2.05) is 61.2 Å². The van der Waals surface area contributed by atoms with Gasteiger partial charge in [0, 0.05) is 37.4 Å². The van der Waals surface area contributed by atoms with E-state index in [0.29, 0.717) is 23.4 Å². The number of carbonyl (C=O) groups is 2. The van der Waals surface area contributed by atoms with Crippen molar-refractivity contribution in [1.82, 2.24) is 14.7 Å². The SMILES string of the molecule is COCCC1CCCCN1C(=O)c1ccc(-n2cc(NC(=O)c3ccc(C)cc3C)cn2)cc1. The zero-order chi connectivity index (χ0) is 24.1. The zero-order valence-corrected chi connectivity index (χ0v) is 20.1. The minimum absolute atomic E-state index is 0.0641. The first-order valence-corrected chi connectivity index (χ1v) is 11.8. The largest absolute Gasteiger partial charge is 0.385 e. The van der Waals surface area contributed by atoms with Crippen LogP contribution in [-0.2, 0) is 4.74 Å². The second-order valence-corrected chi connectivity index (χ2v) is 8.92. The fourth-order valence-electron chi connectivity index (χ4n) is 4.54. The van der Waals surface area contributed by atoms with Crippen LogP contribution in [0, 0.1) is 13.8 Å². The van der Waals surface area contributed by atoms with Crippen LogP contribution in [0.1, 0.15) is 57.5 Å². The van der Waals surface area contributed by atoms with Gasteiger partial charge in [0.2, 0.25) is 0 Å². The van der Waals surface area contributed by atoms with Crippen molar-refractivity contribution in [3.05, 3.63) is 77.1 Å². The molecule has 7 nitrogen and oxygen atoms in total. The fraction of sp³-hybridized carbons (Fsp3) is 0.370. The third-order valence-electron chi connectivity index (χ3n) is 6.39. The van der Waals surface area contributed by atoms with Gasteiger partial charge in [0.1, 0.15) is 0 Å². The number of anilines is 1. The molecule has 0 aliphatic carbocycles. The van der Waals surface area contributed by atoms with Gasteiger partial charge in [-0.1, -0.05) is 17.7 Å². The van der Waals surface area contributed by atoms with Gasteiger partial charge in [-0.25, -0.2) is 4.68 Å². The van der Waals surface area contributed by atoms with Gasteiger partial charge >= 0.3 is 0 Å². The van der Waals surface area contributed by atoms with Crippen LogP contribution < -0.4 is 5.32 Å². The van der Waals surface area contributed by atoms with Crippen LogP contribution >= 0.6 is 0 Å². The third-order valence-corrected chi connectivity index (χ3v) is 6.39. The Morgan fingerprint density at radius 2 is 1.91 bits per heavy atom. The lowest BCUT2D eigenvalue weighted by Crippen LogP contribution is -2.44. The molecule has 1 N–H and O–H groups in total. The van der Waals surface area contributed by atoms with Crippen molar-refractivity contribution in [3.63, 3.8) is 0 Å². The molecule has 2 amide bonds. The van der Waals surface area contributed by atoms with Gasteiger partial charge in [0.15, 0.2) is 0 Å². The van der Waals surface area contributed by atoms with Crippen molar-refractivity contribution < 1.29 is 14.3 Å². The minimum Gasteiger partial charge on any atom is -0.385 e. The lowest BCUT2D eigenvalue weighted by molar-refractivity contribution is 0.0553. The molecular formula is C27H32N4O3. The van der Waals surface area contributed by atoms with Gasteiger partial charge in [-0.05, 0) is 75.4 Å². The monoisotopic (exact) mass is 460 g/mol. The number of piperidine rings is 1. The Kier molecular flexibility index (Phi) is 7.43. The summed E-state index contributed by atoms with van der Waals surface area (Å²) in [5.41, 5.74) is 4.79. The number of aryl methyl sites for hydroxylation is 2. The van der Waals surface area contributed by atoms with E-state index in [0.717, 1.165) is 49.0 Å². The van der Waals surface area contributed by atoms with Crippen molar-refractivity contribution in [2.45, 2.75) is 45.6 Å². The van der Waals surface area contributed by atoms with Gasteiger partial charge in [0.25, 0.3) is 11.8 Å². The molecule has 1 aliphatic heterocycles. The molecule has 7 heteroatoms. The van der Waals surface area contributed by atoms with Crippen molar-refractivity contribution in [1.29, 1.82) is 0 Å². The Bertz CT molecular complexity index is 1150. The maximum Gasteiger partial charge on any atom is 0.256 e. The number of aromatic nitrogens is 2.